The second-order valence-electron chi connectivity index (χ2n) is 5.95. The monoisotopic (exact) mass is 287 g/mol. The minimum atomic E-state index is -0.241. The summed E-state index contributed by atoms with van der Waals surface area (Å²) in [6.45, 7) is 6.19. The van der Waals surface area contributed by atoms with Crippen LogP contribution >= 0.6 is 11.3 Å². The Morgan fingerprint density at radius 3 is 2.70 bits per heavy atom. The van der Waals surface area contributed by atoms with Crippen LogP contribution in [0, 0.1) is 5.41 Å². The molecule has 0 saturated carbocycles. The molecule has 2 heterocycles. The van der Waals surface area contributed by atoms with E-state index in [0.29, 0.717) is 11.7 Å². The first-order chi connectivity index (χ1) is 9.45. The highest BCUT2D eigenvalue weighted by Crippen LogP contribution is 2.34. The Hall–Kier alpha value is -1.72. The largest absolute Gasteiger partial charge is 0.333 e. The minimum Gasteiger partial charge on any atom is -0.333 e. The summed E-state index contributed by atoms with van der Waals surface area (Å²) < 4.78 is 6.58. The zero-order valence-electron chi connectivity index (χ0n) is 11.8. The van der Waals surface area contributed by atoms with E-state index in [-0.39, 0.29) is 11.5 Å². The third-order valence-electron chi connectivity index (χ3n) is 3.29. The highest BCUT2D eigenvalue weighted by molar-refractivity contribution is 7.22. The van der Waals surface area contributed by atoms with Gasteiger partial charge in [-0.1, -0.05) is 44.1 Å². The van der Waals surface area contributed by atoms with Crippen molar-refractivity contribution in [3.63, 3.8) is 0 Å². The summed E-state index contributed by atoms with van der Waals surface area (Å²) in [6, 6.07) is 10.0. The van der Waals surface area contributed by atoms with Gasteiger partial charge in [-0.15, -0.1) is 11.3 Å². The average molecular weight is 287 g/mol. The highest BCUT2D eigenvalue weighted by atomic mass is 32.1. The van der Waals surface area contributed by atoms with E-state index in [9.17, 15) is 0 Å². The topological polar surface area (TPSA) is 64.9 Å². The van der Waals surface area contributed by atoms with Gasteiger partial charge in [0.1, 0.15) is 0 Å². The Morgan fingerprint density at radius 2 is 2.00 bits per heavy atom. The molecule has 20 heavy (non-hydrogen) atoms. The van der Waals surface area contributed by atoms with Crippen LogP contribution < -0.4 is 5.73 Å². The number of benzene rings is 1. The lowest BCUT2D eigenvalue weighted by molar-refractivity contribution is 0.303. The van der Waals surface area contributed by atoms with Gasteiger partial charge in [0.25, 0.3) is 5.89 Å². The van der Waals surface area contributed by atoms with Crippen molar-refractivity contribution < 1.29 is 4.52 Å². The van der Waals surface area contributed by atoms with Gasteiger partial charge in [0.2, 0.25) is 0 Å². The predicted molar refractivity (Wildman–Crippen MR) is 81.5 cm³/mol. The van der Waals surface area contributed by atoms with Gasteiger partial charge in [-0.25, -0.2) is 0 Å². The highest BCUT2D eigenvalue weighted by Gasteiger charge is 2.27. The van der Waals surface area contributed by atoms with E-state index in [4.69, 9.17) is 10.3 Å². The molecule has 5 heteroatoms. The van der Waals surface area contributed by atoms with Crippen molar-refractivity contribution in [1.82, 2.24) is 10.1 Å². The fourth-order valence-electron chi connectivity index (χ4n) is 1.94. The van der Waals surface area contributed by atoms with Crippen molar-refractivity contribution >= 4 is 21.4 Å². The molecule has 0 aliphatic heterocycles. The van der Waals surface area contributed by atoms with E-state index in [0.717, 1.165) is 4.88 Å². The van der Waals surface area contributed by atoms with E-state index in [1.54, 1.807) is 11.3 Å². The normalized spacial score (nSPS) is 13.8. The van der Waals surface area contributed by atoms with E-state index < -0.39 is 0 Å². The Kier molecular flexibility index (Phi) is 3.11. The summed E-state index contributed by atoms with van der Waals surface area (Å²) in [5, 5.41) is 5.21. The number of rotatable bonds is 2. The quantitative estimate of drug-likeness (QED) is 0.773. The summed E-state index contributed by atoms with van der Waals surface area (Å²) in [4.78, 5) is 5.43. The lowest BCUT2D eigenvalue weighted by atomic mass is 9.87. The van der Waals surface area contributed by atoms with Crippen molar-refractivity contribution in [2.45, 2.75) is 26.8 Å². The molecule has 0 amide bonds. The van der Waals surface area contributed by atoms with E-state index in [1.165, 1.54) is 10.1 Å². The predicted octanol–water partition coefficient (Wildman–Crippen LogP) is 4.00. The fourth-order valence-corrected chi connectivity index (χ4v) is 2.92. The molecule has 1 unspecified atom stereocenters. The Balaban J connectivity index is 1.97. The number of thiophene rings is 1. The number of aromatic nitrogens is 2. The first-order valence-electron chi connectivity index (χ1n) is 6.53. The molecule has 0 fully saturated rings. The molecule has 0 spiro atoms. The van der Waals surface area contributed by atoms with Crippen LogP contribution in [0.5, 0.6) is 0 Å². The molecule has 0 aliphatic carbocycles. The molecule has 4 nitrogen and oxygen atoms in total. The molecule has 3 aromatic rings. The maximum atomic E-state index is 6.16. The second-order valence-corrected chi connectivity index (χ2v) is 7.03. The molecule has 0 aliphatic rings. The molecule has 2 N–H and O–H groups in total. The lowest BCUT2D eigenvalue weighted by Gasteiger charge is -2.23. The molecule has 1 aromatic carbocycles. The third kappa shape index (κ3) is 2.34. The number of hydrogen-bond donors (Lipinski definition) is 1. The van der Waals surface area contributed by atoms with Gasteiger partial charge in [0.05, 0.1) is 10.9 Å². The number of nitrogens with zero attached hydrogens (tertiary/aromatic N) is 2. The van der Waals surface area contributed by atoms with Gasteiger partial charge < -0.3 is 10.3 Å². The van der Waals surface area contributed by atoms with Crippen LogP contribution in [0.25, 0.3) is 20.9 Å². The van der Waals surface area contributed by atoms with Crippen LogP contribution in [0.1, 0.15) is 32.6 Å². The molecule has 0 saturated heterocycles. The van der Waals surface area contributed by atoms with E-state index >= 15 is 0 Å². The van der Waals surface area contributed by atoms with Crippen LogP contribution in [0.15, 0.2) is 34.9 Å². The first-order valence-corrected chi connectivity index (χ1v) is 7.35. The maximum absolute atomic E-state index is 6.16. The zero-order valence-corrected chi connectivity index (χ0v) is 12.6. The van der Waals surface area contributed by atoms with Crippen molar-refractivity contribution in [2.75, 3.05) is 0 Å². The van der Waals surface area contributed by atoms with Gasteiger partial charge in [0.15, 0.2) is 5.82 Å². The summed E-state index contributed by atoms with van der Waals surface area (Å²) in [7, 11) is 0. The molecule has 2 aromatic heterocycles. The molecule has 0 bridgehead atoms. The third-order valence-corrected chi connectivity index (χ3v) is 4.39. The summed E-state index contributed by atoms with van der Waals surface area (Å²) in [5.74, 6) is 1.10. The van der Waals surface area contributed by atoms with Crippen molar-refractivity contribution in [2.24, 2.45) is 11.1 Å². The first kappa shape index (κ1) is 13.3. The molecular weight excluding hydrogens is 270 g/mol. The van der Waals surface area contributed by atoms with E-state index in [2.05, 4.69) is 49.1 Å². The molecular formula is C15H17N3OS. The standard InChI is InChI=1S/C15H17N3OS/c1-15(2,3)12(16)13-17-14(19-18-13)11-8-9-6-4-5-7-10(9)20-11/h4-8,12H,16H2,1-3H3. The minimum absolute atomic E-state index is 0.0959. The van der Waals surface area contributed by atoms with Crippen LogP contribution in [0.2, 0.25) is 0 Å². The molecule has 0 radical (unpaired) electrons. The van der Waals surface area contributed by atoms with Crippen LogP contribution in [0.3, 0.4) is 0 Å². The van der Waals surface area contributed by atoms with E-state index in [1.807, 2.05) is 12.1 Å². The Morgan fingerprint density at radius 1 is 1.25 bits per heavy atom. The van der Waals surface area contributed by atoms with Crippen LogP contribution in [-0.4, -0.2) is 10.1 Å². The summed E-state index contributed by atoms with van der Waals surface area (Å²) in [5.41, 5.74) is 6.06. The van der Waals surface area contributed by atoms with Crippen LogP contribution in [0.4, 0.5) is 0 Å². The molecule has 1 atom stereocenters. The van der Waals surface area contributed by atoms with Gasteiger partial charge in [-0.2, -0.15) is 4.98 Å². The van der Waals surface area contributed by atoms with Crippen molar-refractivity contribution in [3.8, 4) is 10.8 Å². The van der Waals surface area contributed by atoms with Crippen molar-refractivity contribution in [3.05, 3.63) is 36.2 Å². The van der Waals surface area contributed by atoms with Crippen LogP contribution in [-0.2, 0) is 0 Å². The van der Waals surface area contributed by atoms with Gasteiger partial charge in [0, 0.05) is 4.70 Å². The Bertz CT molecular complexity index is 706. The fraction of sp³-hybridized carbons (Fsp3) is 0.333. The SMILES string of the molecule is CC(C)(C)C(N)c1noc(-c2cc3ccccc3s2)n1. The second kappa shape index (κ2) is 4.68. The van der Waals surface area contributed by atoms with Gasteiger partial charge in [-0.05, 0) is 22.9 Å². The summed E-state index contributed by atoms with van der Waals surface area (Å²) >= 11 is 1.65. The average Bonchev–Trinajstić information content (AvgIpc) is 3.03. The molecule has 104 valence electrons. The van der Waals surface area contributed by atoms with Crippen molar-refractivity contribution in [1.29, 1.82) is 0 Å². The number of hydrogen-bond acceptors (Lipinski definition) is 5. The smallest absolute Gasteiger partial charge is 0.268 e. The maximum Gasteiger partial charge on any atom is 0.268 e. The number of nitrogens with two attached hydrogens (primary N) is 1. The van der Waals surface area contributed by atoms with Gasteiger partial charge >= 0.3 is 0 Å². The summed E-state index contributed by atoms with van der Waals surface area (Å²) in [6.07, 6.45) is 0. The molecule has 3 rings (SSSR count). The lowest BCUT2D eigenvalue weighted by Crippen LogP contribution is -2.27. The zero-order chi connectivity index (χ0) is 14.3. The van der Waals surface area contributed by atoms with Gasteiger partial charge in [-0.3, -0.25) is 0 Å². The Labute approximate surface area is 121 Å². The number of fused-ring (bicyclic) bond motifs is 1.